The van der Waals surface area contributed by atoms with E-state index in [4.69, 9.17) is 4.74 Å². The first-order valence-corrected chi connectivity index (χ1v) is 8.33. The van der Waals surface area contributed by atoms with Gasteiger partial charge < -0.3 is 9.64 Å². The third kappa shape index (κ3) is 2.69. The van der Waals surface area contributed by atoms with Gasteiger partial charge in [-0.15, -0.1) is 0 Å². The lowest BCUT2D eigenvalue weighted by Crippen LogP contribution is -2.35. The van der Waals surface area contributed by atoms with E-state index in [1.807, 2.05) is 29.2 Å². The number of aromatic nitrogens is 1. The second-order valence-electron chi connectivity index (χ2n) is 6.17. The molecule has 0 atom stereocenters. The molecule has 0 saturated carbocycles. The van der Waals surface area contributed by atoms with Crippen LogP contribution in [0, 0.1) is 0 Å². The molecule has 2 aliphatic heterocycles. The zero-order chi connectivity index (χ0) is 15.6. The number of nitrogens with zero attached hydrogens (tertiary/aromatic N) is 2. The fourth-order valence-electron chi connectivity index (χ4n) is 3.41. The number of fused-ring (bicyclic) bond motifs is 1. The minimum Gasteiger partial charge on any atom is -0.492 e. The van der Waals surface area contributed by atoms with Gasteiger partial charge >= 0.3 is 0 Å². The summed E-state index contributed by atoms with van der Waals surface area (Å²) in [6.07, 6.45) is 6.09. The Balaban J connectivity index is 1.67. The molecule has 0 radical (unpaired) electrons. The van der Waals surface area contributed by atoms with Crippen molar-refractivity contribution in [3.63, 3.8) is 0 Å². The molecule has 1 saturated heterocycles. The van der Waals surface area contributed by atoms with E-state index in [9.17, 15) is 4.79 Å². The second-order valence-corrected chi connectivity index (χ2v) is 6.17. The van der Waals surface area contributed by atoms with Crippen LogP contribution in [0.25, 0.3) is 11.3 Å². The fraction of sp³-hybridized carbons (Fsp3) is 0.368. The predicted molar refractivity (Wildman–Crippen MR) is 88.6 cm³/mol. The number of para-hydroxylation sites is 1. The third-order valence-corrected chi connectivity index (χ3v) is 4.64. The Morgan fingerprint density at radius 1 is 1.13 bits per heavy atom. The summed E-state index contributed by atoms with van der Waals surface area (Å²) in [5.41, 5.74) is 3.73. The summed E-state index contributed by atoms with van der Waals surface area (Å²) in [4.78, 5) is 19.1. The van der Waals surface area contributed by atoms with Crippen molar-refractivity contribution in [1.82, 2.24) is 9.88 Å². The van der Waals surface area contributed by atoms with Crippen LogP contribution < -0.4 is 4.74 Å². The molecule has 1 fully saturated rings. The van der Waals surface area contributed by atoms with Crippen molar-refractivity contribution >= 4 is 5.91 Å². The number of carbonyl (C=O) groups is 1. The molecule has 2 aliphatic rings. The Morgan fingerprint density at radius 3 is 2.87 bits per heavy atom. The fourth-order valence-corrected chi connectivity index (χ4v) is 3.41. The minimum atomic E-state index is 0.113. The maximum atomic E-state index is 12.7. The predicted octanol–water partition coefficient (Wildman–Crippen LogP) is 3.31. The van der Waals surface area contributed by atoms with Gasteiger partial charge in [0.2, 0.25) is 0 Å². The molecule has 1 amide bonds. The first-order chi connectivity index (χ1) is 11.3. The molecular formula is C19H20N2O2. The summed E-state index contributed by atoms with van der Waals surface area (Å²) in [6, 6.07) is 9.85. The molecule has 0 bridgehead atoms. The summed E-state index contributed by atoms with van der Waals surface area (Å²) in [7, 11) is 0. The SMILES string of the molecule is O=C(c1ccnc(-c2cccc3c2OCC3)c1)N1CCCCC1. The van der Waals surface area contributed by atoms with Crippen LogP contribution in [0.15, 0.2) is 36.5 Å². The van der Waals surface area contributed by atoms with Crippen LogP contribution in [0.1, 0.15) is 35.2 Å². The van der Waals surface area contributed by atoms with E-state index in [1.54, 1.807) is 6.20 Å². The van der Waals surface area contributed by atoms with Crippen LogP contribution >= 0.6 is 0 Å². The number of carbonyl (C=O) groups excluding carboxylic acids is 1. The first-order valence-electron chi connectivity index (χ1n) is 8.33. The van der Waals surface area contributed by atoms with Crippen LogP contribution in [-0.2, 0) is 6.42 Å². The molecule has 0 unspecified atom stereocenters. The van der Waals surface area contributed by atoms with Gasteiger partial charge in [0.15, 0.2) is 0 Å². The van der Waals surface area contributed by atoms with Crippen LogP contribution in [0.5, 0.6) is 5.75 Å². The highest BCUT2D eigenvalue weighted by atomic mass is 16.5. The maximum absolute atomic E-state index is 12.7. The molecule has 1 aromatic carbocycles. The second kappa shape index (κ2) is 6.03. The molecule has 1 aromatic heterocycles. The first kappa shape index (κ1) is 14.2. The molecule has 23 heavy (non-hydrogen) atoms. The van der Waals surface area contributed by atoms with Gasteiger partial charge in [-0.25, -0.2) is 0 Å². The Hall–Kier alpha value is -2.36. The smallest absolute Gasteiger partial charge is 0.253 e. The zero-order valence-electron chi connectivity index (χ0n) is 13.1. The van der Waals surface area contributed by atoms with E-state index in [1.165, 1.54) is 12.0 Å². The van der Waals surface area contributed by atoms with E-state index in [0.717, 1.165) is 56.0 Å². The monoisotopic (exact) mass is 308 g/mol. The van der Waals surface area contributed by atoms with E-state index < -0.39 is 0 Å². The highest BCUT2D eigenvalue weighted by Gasteiger charge is 2.21. The molecule has 4 nitrogen and oxygen atoms in total. The number of benzene rings is 1. The highest BCUT2D eigenvalue weighted by molar-refractivity contribution is 5.95. The van der Waals surface area contributed by atoms with Gasteiger partial charge in [0.1, 0.15) is 5.75 Å². The Kier molecular flexibility index (Phi) is 3.74. The van der Waals surface area contributed by atoms with Crippen LogP contribution in [0.2, 0.25) is 0 Å². The molecule has 4 rings (SSSR count). The number of ether oxygens (including phenoxy) is 1. The van der Waals surface area contributed by atoms with Crippen molar-refractivity contribution in [3.05, 3.63) is 47.7 Å². The van der Waals surface area contributed by atoms with Crippen LogP contribution in [0.4, 0.5) is 0 Å². The van der Waals surface area contributed by atoms with Gasteiger partial charge in [0.05, 0.1) is 12.3 Å². The van der Waals surface area contributed by atoms with Crippen molar-refractivity contribution in [3.8, 4) is 17.0 Å². The summed E-state index contributed by atoms with van der Waals surface area (Å²) in [5.74, 6) is 1.03. The van der Waals surface area contributed by atoms with Gasteiger partial charge in [0.25, 0.3) is 5.91 Å². The van der Waals surface area contributed by atoms with Crippen molar-refractivity contribution in [2.45, 2.75) is 25.7 Å². The van der Waals surface area contributed by atoms with Gasteiger partial charge in [-0.2, -0.15) is 0 Å². The van der Waals surface area contributed by atoms with Crippen molar-refractivity contribution < 1.29 is 9.53 Å². The van der Waals surface area contributed by atoms with Crippen LogP contribution in [-0.4, -0.2) is 35.5 Å². The lowest BCUT2D eigenvalue weighted by atomic mass is 10.0. The number of rotatable bonds is 2. The van der Waals surface area contributed by atoms with E-state index in [2.05, 4.69) is 11.1 Å². The van der Waals surface area contributed by atoms with E-state index in [-0.39, 0.29) is 5.91 Å². The normalized spacial score (nSPS) is 16.8. The Labute approximate surface area is 136 Å². The average Bonchev–Trinajstić information content (AvgIpc) is 3.10. The van der Waals surface area contributed by atoms with Gasteiger partial charge in [-0.05, 0) is 43.0 Å². The largest absolute Gasteiger partial charge is 0.492 e. The molecule has 2 aromatic rings. The van der Waals surface area contributed by atoms with Crippen molar-refractivity contribution in [2.75, 3.05) is 19.7 Å². The summed E-state index contributed by atoms with van der Waals surface area (Å²) < 4.78 is 5.77. The van der Waals surface area contributed by atoms with Gasteiger partial charge in [0, 0.05) is 36.8 Å². The van der Waals surface area contributed by atoms with Crippen molar-refractivity contribution in [1.29, 1.82) is 0 Å². The lowest BCUT2D eigenvalue weighted by molar-refractivity contribution is 0.0724. The zero-order valence-corrected chi connectivity index (χ0v) is 13.1. The minimum absolute atomic E-state index is 0.113. The molecule has 118 valence electrons. The molecule has 3 heterocycles. The van der Waals surface area contributed by atoms with E-state index >= 15 is 0 Å². The number of amides is 1. The summed E-state index contributed by atoms with van der Waals surface area (Å²) in [5, 5.41) is 0. The van der Waals surface area contributed by atoms with Gasteiger partial charge in [-0.1, -0.05) is 12.1 Å². The molecule has 0 N–H and O–H groups in total. The summed E-state index contributed by atoms with van der Waals surface area (Å²) in [6.45, 7) is 2.44. The Morgan fingerprint density at radius 2 is 2.00 bits per heavy atom. The Bertz CT molecular complexity index is 736. The van der Waals surface area contributed by atoms with Crippen LogP contribution in [0.3, 0.4) is 0 Å². The molecular weight excluding hydrogens is 288 g/mol. The van der Waals surface area contributed by atoms with Gasteiger partial charge in [-0.3, -0.25) is 9.78 Å². The standard InChI is InChI=1S/C19H20N2O2/c22-19(21-10-2-1-3-11-21)15-7-9-20-17(13-15)16-6-4-5-14-8-12-23-18(14)16/h4-7,9,13H,1-3,8,10-12H2. The number of hydrogen-bond donors (Lipinski definition) is 0. The average molecular weight is 308 g/mol. The summed E-state index contributed by atoms with van der Waals surface area (Å²) >= 11 is 0. The number of piperidine rings is 1. The van der Waals surface area contributed by atoms with Crippen molar-refractivity contribution in [2.24, 2.45) is 0 Å². The molecule has 4 heteroatoms. The number of likely N-dealkylation sites (tertiary alicyclic amines) is 1. The number of hydrogen-bond acceptors (Lipinski definition) is 3. The maximum Gasteiger partial charge on any atom is 0.253 e. The third-order valence-electron chi connectivity index (χ3n) is 4.64. The highest BCUT2D eigenvalue weighted by Crippen LogP contribution is 2.36. The quantitative estimate of drug-likeness (QED) is 0.855. The molecule has 0 spiro atoms. The lowest BCUT2D eigenvalue weighted by Gasteiger charge is -2.26. The topological polar surface area (TPSA) is 42.4 Å². The molecule has 0 aliphatic carbocycles. The number of pyridine rings is 1. The van der Waals surface area contributed by atoms with E-state index in [0.29, 0.717) is 5.56 Å².